The lowest BCUT2D eigenvalue weighted by atomic mass is 10.1. The molecule has 1 aliphatic heterocycles. The van der Waals surface area contributed by atoms with E-state index in [-0.39, 0.29) is 18.0 Å². The van der Waals surface area contributed by atoms with Crippen LogP contribution in [-0.4, -0.2) is 32.5 Å². The fourth-order valence-corrected chi connectivity index (χ4v) is 2.60. The third-order valence-electron chi connectivity index (χ3n) is 3.63. The fourth-order valence-electron chi connectivity index (χ4n) is 2.60. The Morgan fingerprint density at radius 1 is 1.33 bits per heavy atom. The molecule has 3 rings (SSSR count). The average molecular weight is 293 g/mol. The lowest BCUT2D eigenvalue weighted by Gasteiger charge is -2.29. The van der Waals surface area contributed by atoms with Gasteiger partial charge in [0.15, 0.2) is 0 Å². The minimum absolute atomic E-state index is 0.0827. The molecular formula is C16H20FNO3. The van der Waals surface area contributed by atoms with Gasteiger partial charge in [-0.2, -0.15) is 0 Å². The van der Waals surface area contributed by atoms with Gasteiger partial charge in [-0.05, 0) is 37.2 Å². The molecule has 114 valence electrons. The zero-order valence-corrected chi connectivity index (χ0v) is 12.1. The molecule has 1 N–H and O–H groups in total. The Morgan fingerprint density at radius 3 is 3.00 bits per heavy atom. The molecule has 5 heteroatoms. The van der Waals surface area contributed by atoms with Crippen LogP contribution in [0, 0.1) is 5.82 Å². The minimum Gasteiger partial charge on any atom is -0.459 e. The highest BCUT2D eigenvalue weighted by atomic mass is 19.1. The lowest BCUT2D eigenvalue weighted by molar-refractivity contribution is -0.104. The highest BCUT2D eigenvalue weighted by Crippen LogP contribution is 2.28. The van der Waals surface area contributed by atoms with Gasteiger partial charge in [0.1, 0.15) is 23.3 Å². The molecule has 0 radical (unpaired) electrons. The summed E-state index contributed by atoms with van der Waals surface area (Å²) in [5.74, 6) is 0.504. The van der Waals surface area contributed by atoms with Gasteiger partial charge in [-0.15, -0.1) is 0 Å². The molecule has 0 spiro atoms. The first-order chi connectivity index (χ1) is 10.3. The molecule has 0 aliphatic carbocycles. The second kappa shape index (κ2) is 6.56. The van der Waals surface area contributed by atoms with Gasteiger partial charge >= 0.3 is 0 Å². The third kappa shape index (κ3) is 3.26. The molecule has 2 atom stereocenters. The van der Waals surface area contributed by atoms with Crippen molar-refractivity contribution in [3.8, 4) is 0 Å². The van der Waals surface area contributed by atoms with E-state index >= 15 is 0 Å². The van der Waals surface area contributed by atoms with E-state index in [1.165, 1.54) is 12.1 Å². The van der Waals surface area contributed by atoms with Crippen LogP contribution < -0.4 is 5.32 Å². The van der Waals surface area contributed by atoms with Crippen LogP contribution in [0.1, 0.15) is 25.1 Å². The normalized spacial score (nSPS) is 20.8. The zero-order chi connectivity index (χ0) is 14.7. The highest BCUT2D eigenvalue weighted by Gasteiger charge is 2.28. The Balaban J connectivity index is 1.88. The molecule has 2 aromatic rings. The second-order valence-corrected chi connectivity index (χ2v) is 5.25. The summed E-state index contributed by atoms with van der Waals surface area (Å²) in [5, 5.41) is 4.21. The SMILES string of the molecule is CCCNC(c1cc2cc(F)ccc2o1)C1COCCO1. The van der Waals surface area contributed by atoms with Gasteiger partial charge in [0.05, 0.1) is 25.9 Å². The summed E-state index contributed by atoms with van der Waals surface area (Å²) in [7, 11) is 0. The maximum absolute atomic E-state index is 13.3. The number of fused-ring (bicyclic) bond motifs is 1. The lowest BCUT2D eigenvalue weighted by Crippen LogP contribution is -2.40. The number of rotatable bonds is 5. The summed E-state index contributed by atoms with van der Waals surface area (Å²) in [5.41, 5.74) is 0.687. The van der Waals surface area contributed by atoms with Crippen LogP contribution in [0.5, 0.6) is 0 Å². The summed E-state index contributed by atoms with van der Waals surface area (Å²) < 4.78 is 30.5. The molecule has 1 aromatic heterocycles. The standard InChI is InChI=1S/C16H20FNO3/c1-2-5-18-16(15-10-19-6-7-20-15)14-9-11-8-12(17)3-4-13(11)21-14/h3-4,8-9,15-16,18H,2,5-7,10H2,1H3. The third-order valence-corrected chi connectivity index (χ3v) is 3.63. The molecule has 2 unspecified atom stereocenters. The zero-order valence-electron chi connectivity index (χ0n) is 12.1. The van der Waals surface area contributed by atoms with Crippen molar-refractivity contribution in [2.45, 2.75) is 25.5 Å². The molecule has 1 saturated heterocycles. The molecule has 1 aliphatic rings. The number of hydrogen-bond acceptors (Lipinski definition) is 4. The van der Waals surface area contributed by atoms with Crippen molar-refractivity contribution < 1.29 is 18.3 Å². The molecule has 0 saturated carbocycles. The van der Waals surface area contributed by atoms with Gasteiger partial charge in [-0.1, -0.05) is 6.92 Å². The van der Waals surface area contributed by atoms with E-state index in [0.717, 1.165) is 24.1 Å². The Hall–Kier alpha value is -1.43. The average Bonchev–Trinajstić information content (AvgIpc) is 2.91. The maximum Gasteiger partial charge on any atom is 0.134 e. The predicted molar refractivity (Wildman–Crippen MR) is 77.8 cm³/mol. The van der Waals surface area contributed by atoms with E-state index in [2.05, 4.69) is 12.2 Å². The van der Waals surface area contributed by atoms with Gasteiger partial charge in [-0.3, -0.25) is 0 Å². The number of nitrogens with one attached hydrogen (secondary N) is 1. The van der Waals surface area contributed by atoms with Crippen LogP contribution in [0.25, 0.3) is 11.0 Å². The van der Waals surface area contributed by atoms with Gasteiger partial charge in [0, 0.05) is 5.39 Å². The molecule has 0 amide bonds. The van der Waals surface area contributed by atoms with Crippen LogP contribution in [0.15, 0.2) is 28.7 Å². The fraction of sp³-hybridized carbons (Fsp3) is 0.500. The first kappa shape index (κ1) is 14.5. The first-order valence-corrected chi connectivity index (χ1v) is 7.39. The Bertz CT molecular complexity index is 592. The van der Waals surface area contributed by atoms with Gasteiger partial charge < -0.3 is 19.2 Å². The molecule has 2 heterocycles. The van der Waals surface area contributed by atoms with E-state index in [9.17, 15) is 4.39 Å². The number of hydrogen-bond donors (Lipinski definition) is 1. The van der Waals surface area contributed by atoms with Crippen molar-refractivity contribution in [3.63, 3.8) is 0 Å². The second-order valence-electron chi connectivity index (χ2n) is 5.25. The molecule has 1 aromatic carbocycles. The smallest absolute Gasteiger partial charge is 0.134 e. The van der Waals surface area contributed by atoms with Crippen LogP contribution in [0.3, 0.4) is 0 Å². The van der Waals surface area contributed by atoms with E-state index in [0.29, 0.717) is 25.4 Å². The van der Waals surface area contributed by atoms with Crippen molar-refractivity contribution >= 4 is 11.0 Å². The van der Waals surface area contributed by atoms with Crippen LogP contribution in [-0.2, 0) is 9.47 Å². The number of furan rings is 1. The van der Waals surface area contributed by atoms with E-state index in [1.54, 1.807) is 6.07 Å². The molecule has 1 fully saturated rings. The monoisotopic (exact) mass is 293 g/mol. The molecule has 4 nitrogen and oxygen atoms in total. The highest BCUT2D eigenvalue weighted by molar-refractivity contribution is 5.78. The van der Waals surface area contributed by atoms with E-state index < -0.39 is 0 Å². The van der Waals surface area contributed by atoms with Crippen LogP contribution >= 0.6 is 0 Å². The number of ether oxygens (including phenoxy) is 2. The molecule has 21 heavy (non-hydrogen) atoms. The quantitative estimate of drug-likeness (QED) is 0.920. The van der Waals surface area contributed by atoms with Crippen LogP contribution in [0.4, 0.5) is 4.39 Å². The topological polar surface area (TPSA) is 43.6 Å². The Kier molecular flexibility index (Phi) is 4.53. The van der Waals surface area contributed by atoms with Crippen molar-refractivity contribution in [1.82, 2.24) is 5.32 Å². The maximum atomic E-state index is 13.3. The minimum atomic E-state index is -0.259. The Morgan fingerprint density at radius 2 is 2.24 bits per heavy atom. The Labute approximate surface area is 123 Å². The van der Waals surface area contributed by atoms with Crippen LogP contribution in [0.2, 0.25) is 0 Å². The summed E-state index contributed by atoms with van der Waals surface area (Å²) in [4.78, 5) is 0. The van der Waals surface area contributed by atoms with Crippen molar-refractivity contribution in [1.29, 1.82) is 0 Å². The predicted octanol–water partition coefficient (Wildman–Crippen LogP) is 3.03. The van der Waals surface area contributed by atoms with Crippen molar-refractivity contribution in [3.05, 3.63) is 35.8 Å². The largest absolute Gasteiger partial charge is 0.459 e. The van der Waals surface area contributed by atoms with E-state index in [1.807, 2.05) is 6.07 Å². The number of benzene rings is 1. The van der Waals surface area contributed by atoms with E-state index in [4.69, 9.17) is 13.9 Å². The van der Waals surface area contributed by atoms with Crippen molar-refractivity contribution in [2.75, 3.05) is 26.4 Å². The van der Waals surface area contributed by atoms with Crippen molar-refractivity contribution in [2.24, 2.45) is 0 Å². The van der Waals surface area contributed by atoms with Gasteiger partial charge in [0.2, 0.25) is 0 Å². The summed E-state index contributed by atoms with van der Waals surface area (Å²) in [6, 6.07) is 6.34. The first-order valence-electron chi connectivity index (χ1n) is 7.39. The molecular weight excluding hydrogens is 273 g/mol. The summed E-state index contributed by atoms with van der Waals surface area (Å²) in [6.07, 6.45) is 0.926. The summed E-state index contributed by atoms with van der Waals surface area (Å²) >= 11 is 0. The van der Waals surface area contributed by atoms with Gasteiger partial charge in [-0.25, -0.2) is 4.39 Å². The summed E-state index contributed by atoms with van der Waals surface area (Å²) in [6.45, 7) is 4.71. The molecule has 0 bridgehead atoms. The number of halogens is 1. The van der Waals surface area contributed by atoms with Gasteiger partial charge in [0.25, 0.3) is 0 Å².